The lowest BCUT2D eigenvalue weighted by molar-refractivity contribution is -0.143. The van der Waals surface area contributed by atoms with Crippen molar-refractivity contribution in [2.24, 2.45) is 5.92 Å². The van der Waals surface area contributed by atoms with Gasteiger partial charge in [0.2, 0.25) is 0 Å². The fraction of sp³-hybridized carbons (Fsp3) is 0.500. The summed E-state index contributed by atoms with van der Waals surface area (Å²) in [6, 6.07) is 9.26. The van der Waals surface area contributed by atoms with Gasteiger partial charge in [0.15, 0.2) is 5.76 Å². The van der Waals surface area contributed by atoms with E-state index in [1.165, 1.54) is 23.8 Å². The molecule has 1 N–H and O–H groups in total. The van der Waals surface area contributed by atoms with Gasteiger partial charge in [0.05, 0.1) is 7.11 Å². The molecule has 1 atom stereocenters. The van der Waals surface area contributed by atoms with E-state index >= 15 is 0 Å². The fourth-order valence-corrected chi connectivity index (χ4v) is 3.17. The number of rotatable bonds is 7. The highest BCUT2D eigenvalue weighted by molar-refractivity contribution is 5.94. The standard InChI is InChI=1S/C24H33NO4/c1-15(2)12-20(23(27)28-7)25-22(26)21-11-10-19(29-21)14-17-13-18(24(4,5)6)9-8-16(17)3/h8-11,13,15,20H,12,14H2,1-7H3,(H,25,26)/t20-/m0/s1. The van der Waals surface area contributed by atoms with Crippen molar-refractivity contribution in [2.75, 3.05) is 7.11 Å². The van der Waals surface area contributed by atoms with Crippen molar-refractivity contribution in [1.82, 2.24) is 5.32 Å². The number of hydrogen-bond donors (Lipinski definition) is 1. The van der Waals surface area contributed by atoms with Gasteiger partial charge >= 0.3 is 5.97 Å². The second-order valence-corrected chi connectivity index (χ2v) is 9.01. The van der Waals surface area contributed by atoms with E-state index in [2.05, 4.69) is 51.2 Å². The number of furan rings is 1. The molecule has 1 amide bonds. The molecule has 5 heteroatoms. The minimum absolute atomic E-state index is 0.0654. The Morgan fingerprint density at radius 2 is 1.83 bits per heavy atom. The van der Waals surface area contributed by atoms with Crippen LogP contribution >= 0.6 is 0 Å². The zero-order valence-electron chi connectivity index (χ0n) is 18.6. The van der Waals surface area contributed by atoms with Gasteiger partial charge in [-0.1, -0.05) is 52.8 Å². The number of carbonyl (C=O) groups is 2. The zero-order chi connectivity index (χ0) is 21.8. The smallest absolute Gasteiger partial charge is 0.328 e. The number of carbonyl (C=O) groups excluding carboxylic acids is 2. The van der Waals surface area contributed by atoms with Crippen LogP contribution in [0.1, 0.15) is 74.0 Å². The number of hydrogen-bond acceptors (Lipinski definition) is 4. The molecule has 0 saturated heterocycles. The van der Waals surface area contributed by atoms with Crippen molar-refractivity contribution in [3.05, 3.63) is 58.5 Å². The number of aryl methyl sites for hydroxylation is 1. The van der Waals surface area contributed by atoms with Crippen LogP contribution in [0.2, 0.25) is 0 Å². The molecule has 0 aliphatic rings. The minimum Gasteiger partial charge on any atom is -0.467 e. The number of benzene rings is 1. The zero-order valence-corrected chi connectivity index (χ0v) is 18.6. The van der Waals surface area contributed by atoms with Crippen LogP contribution in [0, 0.1) is 12.8 Å². The van der Waals surface area contributed by atoms with Gasteiger partial charge < -0.3 is 14.5 Å². The first kappa shape index (κ1) is 22.7. The Balaban J connectivity index is 2.14. The van der Waals surface area contributed by atoms with Gasteiger partial charge in [-0.25, -0.2) is 4.79 Å². The molecule has 1 heterocycles. The molecule has 1 aromatic heterocycles. The molecule has 0 bridgehead atoms. The molecule has 0 fully saturated rings. The van der Waals surface area contributed by atoms with Crippen LogP contribution in [-0.4, -0.2) is 25.0 Å². The second kappa shape index (κ2) is 9.29. The Labute approximate surface area is 173 Å². The van der Waals surface area contributed by atoms with Gasteiger partial charge in [0, 0.05) is 6.42 Å². The Kier molecular flexibility index (Phi) is 7.28. The summed E-state index contributed by atoms with van der Waals surface area (Å²) in [7, 11) is 1.32. The SMILES string of the molecule is COC(=O)[C@H](CC(C)C)NC(=O)c1ccc(Cc2cc(C(C)(C)C)ccc2C)o1. The van der Waals surface area contributed by atoms with Crippen LogP contribution in [0.25, 0.3) is 0 Å². The van der Waals surface area contributed by atoms with Crippen molar-refractivity contribution in [2.45, 2.75) is 65.8 Å². The van der Waals surface area contributed by atoms with Crippen LogP contribution in [0.4, 0.5) is 0 Å². The number of nitrogens with one attached hydrogen (secondary N) is 1. The quantitative estimate of drug-likeness (QED) is 0.680. The first-order valence-electron chi connectivity index (χ1n) is 10.1. The average Bonchev–Trinajstić information content (AvgIpc) is 3.09. The topological polar surface area (TPSA) is 68.5 Å². The van der Waals surface area contributed by atoms with E-state index in [9.17, 15) is 9.59 Å². The molecule has 2 rings (SSSR count). The summed E-state index contributed by atoms with van der Waals surface area (Å²) in [6.07, 6.45) is 1.11. The summed E-state index contributed by atoms with van der Waals surface area (Å²) >= 11 is 0. The number of methoxy groups -OCH3 is 1. The highest BCUT2D eigenvalue weighted by atomic mass is 16.5. The van der Waals surface area contributed by atoms with E-state index in [-0.39, 0.29) is 17.1 Å². The van der Waals surface area contributed by atoms with Gasteiger partial charge in [-0.2, -0.15) is 0 Å². The van der Waals surface area contributed by atoms with Gasteiger partial charge in [0.25, 0.3) is 5.91 Å². The third-order valence-corrected chi connectivity index (χ3v) is 4.96. The number of amides is 1. The highest BCUT2D eigenvalue weighted by Crippen LogP contribution is 2.26. The van der Waals surface area contributed by atoms with Crippen molar-refractivity contribution in [3.63, 3.8) is 0 Å². The third-order valence-electron chi connectivity index (χ3n) is 4.96. The lowest BCUT2D eigenvalue weighted by Gasteiger charge is -2.20. The van der Waals surface area contributed by atoms with Crippen LogP contribution in [0.15, 0.2) is 34.7 Å². The van der Waals surface area contributed by atoms with E-state index in [1.807, 2.05) is 19.9 Å². The van der Waals surface area contributed by atoms with Gasteiger partial charge in [-0.15, -0.1) is 0 Å². The minimum atomic E-state index is -0.688. The van der Waals surface area contributed by atoms with E-state index < -0.39 is 17.9 Å². The molecule has 29 heavy (non-hydrogen) atoms. The Morgan fingerprint density at radius 3 is 2.41 bits per heavy atom. The molecule has 1 aromatic carbocycles. The predicted octanol–water partition coefficient (Wildman–Crippen LogP) is 4.79. The molecule has 5 nitrogen and oxygen atoms in total. The maximum atomic E-state index is 12.6. The first-order valence-corrected chi connectivity index (χ1v) is 10.1. The molecule has 0 radical (unpaired) electrons. The monoisotopic (exact) mass is 399 g/mol. The van der Waals surface area contributed by atoms with Gasteiger partial charge in [-0.05, 0) is 53.5 Å². The van der Waals surface area contributed by atoms with Gasteiger partial charge in [-0.3, -0.25) is 4.79 Å². The molecule has 0 aliphatic carbocycles. The number of esters is 1. The van der Waals surface area contributed by atoms with Crippen LogP contribution in [0.5, 0.6) is 0 Å². The van der Waals surface area contributed by atoms with E-state index in [1.54, 1.807) is 6.07 Å². The third kappa shape index (κ3) is 6.21. The normalized spacial score (nSPS) is 12.7. The largest absolute Gasteiger partial charge is 0.467 e. The highest BCUT2D eigenvalue weighted by Gasteiger charge is 2.24. The average molecular weight is 400 g/mol. The summed E-state index contributed by atoms with van der Waals surface area (Å²) in [5.74, 6) is 0.288. The molecule has 158 valence electrons. The maximum Gasteiger partial charge on any atom is 0.328 e. The molecule has 2 aromatic rings. The lowest BCUT2D eigenvalue weighted by Crippen LogP contribution is -2.42. The number of ether oxygens (including phenoxy) is 1. The van der Waals surface area contributed by atoms with Gasteiger partial charge in [0.1, 0.15) is 11.8 Å². The first-order chi connectivity index (χ1) is 13.5. The second-order valence-electron chi connectivity index (χ2n) is 9.01. The Morgan fingerprint density at radius 1 is 1.14 bits per heavy atom. The van der Waals surface area contributed by atoms with Crippen molar-refractivity contribution >= 4 is 11.9 Å². The summed E-state index contributed by atoms with van der Waals surface area (Å²) in [6.45, 7) is 12.6. The predicted molar refractivity (Wildman–Crippen MR) is 114 cm³/mol. The lowest BCUT2D eigenvalue weighted by atomic mass is 9.85. The van der Waals surface area contributed by atoms with Crippen molar-refractivity contribution in [1.29, 1.82) is 0 Å². The summed E-state index contributed by atoms with van der Waals surface area (Å²) in [4.78, 5) is 24.5. The summed E-state index contributed by atoms with van der Waals surface area (Å²) in [5, 5.41) is 2.73. The summed E-state index contributed by atoms with van der Waals surface area (Å²) in [5.41, 5.74) is 3.68. The van der Waals surface area contributed by atoms with Crippen LogP contribution < -0.4 is 5.32 Å². The van der Waals surface area contributed by atoms with E-state index in [4.69, 9.17) is 9.15 Å². The summed E-state index contributed by atoms with van der Waals surface area (Å²) < 4.78 is 10.6. The van der Waals surface area contributed by atoms with Crippen molar-refractivity contribution < 1.29 is 18.7 Å². The van der Waals surface area contributed by atoms with E-state index in [0.717, 1.165) is 0 Å². The Bertz CT molecular complexity index is 858. The van der Waals surface area contributed by atoms with Crippen LogP contribution in [-0.2, 0) is 21.4 Å². The molecule has 0 aliphatic heterocycles. The van der Waals surface area contributed by atoms with Crippen molar-refractivity contribution in [3.8, 4) is 0 Å². The van der Waals surface area contributed by atoms with Crippen LogP contribution in [0.3, 0.4) is 0 Å². The molecule has 0 unspecified atom stereocenters. The van der Waals surface area contributed by atoms with E-state index in [0.29, 0.717) is 18.6 Å². The maximum absolute atomic E-state index is 12.6. The fourth-order valence-electron chi connectivity index (χ4n) is 3.17. The molecule has 0 spiro atoms. The molecule has 0 saturated carbocycles. The molecular formula is C24H33NO4. The molecular weight excluding hydrogens is 366 g/mol. The Hall–Kier alpha value is -2.56.